The zero-order chi connectivity index (χ0) is 12.4. The van der Waals surface area contributed by atoms with Crippen LogP contribution in [0.1, 0.15) is 0 Å². The van der Waals surface area contributed by atoms with Crippen LogP contribution in [0.2, 0.25) is 0 Å². The van der Waals surface area contributed by atoms with Gasteiger partial charge in [0, 0.05) is 14.5 Å². The van der Waals surface area contributed by atoms with Gasteiger partial charge in [0.05, 0.1) is 4.47 Å². The van der Waals surface area contributed by atoms with Gasteiger partial charge in [-0.1, -0.05) is 30.3 Å². The minimum Gasteiger partial charge on any atom is -0.288 e. The Hall–Kier alpha value is -0.450. The molecule has 0 unspecified atom stereocenters. The summed E-state index contributed by atoms with van der Waals surface area (Å²) in [5.41, 5.74) is 1.54. The van der Waals surface area contributed by atoms with Crippen LogP contribution >= 0.6 is 47.8 Å². The van der Waals surface area contributed by atoms with Crippen LogP contribution in [-0.4, -0.2) is 0 Å². The Labute approximate surface area is 124 Å². The zero-order valence-electron chi connectivity index (χ0n) is 8.58. The summed E-state index contributed by atoms with van der Waals surface area (Å²) in [4.78, 5) is 12.2. The van der Waals surface area contributed by atoms with E-state index in [1.54, 1.807) is 6.07 Å². The lowest BCUT2D eigenvalue weighted by Crippen LogP contribution is -2.01. The van der Waals surface area contributed by atoms with Crippen LogP contribution in [0.3, 0.4) is 0 Å². The van der Waals surface area contributed by atoms with Crippen LogP contribution in [0.5, 0.6) is 0 Å². The van der Waals surface area contributed by atoms with Crippen molar-refractivity contribution in [2.45, 2.75) is 0 Å². The highest BCUT2D eigenvalue weighted by atomic mass is 79.9. The normalized spacial score (nSPS) is 10.3. The van der Waals surface area contributed by atoms with Gasteiger partial charge < -0.3 is 0 Å². The van der Waals surface area contributed by atoms with Gasteiger partial charge in [0.25, 0.3) is 0 Å². The molecule has 17 heavy (non-hydrogen) atoms. The molecule has 0 aliphatic carbocycles. The third kappa shape index (κ3) is 2.87. The number of hydrogen-bond acceptors (Lipinski definition) is 1. The molecule has 0 spiro atoms. The van der Waals surface area contributed by atoms with E-state index >= 15 is 0 Å². The van der Waals surface area contributed by atoms with Gasteiger partial charge in [-0.3, -0.25) is 4.79 Å². The summed E-state index contributed by atoms with van der Waals surface area (Å²) in [6.07, 6.45) is 0. The van der Waals surface area contributed by atoms with Crippen molar-refractivity contribution in [2.75, 3.05) is 0 Å². The summed E-state index contributed by atoms with van der Waals surface area (Å²) in [5.74, 6) is 0. The first-order valence-electron chi connectivity index (χ1n) is 4.84. The van der Waals surface area contributed by atoms with E-state index in [9.17, 15) is 4.79 Å². The van der Waals surface area contributed by atoms with Crippen molar-refractivity contribution < 1.29 is 0 Å². The maximum Gasteiger partial charge on any atom is 0.200 e. The van der Waals surface area contributed by atoms with Crippen LogP contribution in [0.15, 0.2) is 60.7 Å². The minimum atomic E-state index is -0.0254. The predicted octanol–water partition coefficient (Wildman–Crippen LogP) is 5.00. The van der Waals surface area contributed by atoms with Crippen molar-refractivity contribution in [2.24, 2.45) is 0 Å². The molecule has 4 heteroatoms. The quantitative estimate of drug-likeness (QED) is 0.636. The first kappa shape index (κ1) is 13.0. The Bertz CT molecular complexity index is 609. The SMILES string of the molecule is O=c1c(Br)cc(Br)c(Br)cc1-c1ccccc1. The molecule has 0 heterocycles. The molecule has 0 saturated heterocycles. The number of rotatable bonds is 1. The van der Waals surface area contributed by atoms with Gasteiger partial charge in [0.1, 0.15) is 0 Å². The highest BCUT2D eigenvalue weighted by molar-refractivity contribution is 9.13. The van der Waals surface area contributed by atoms with Crippen molar-refractivity contribution >= 4 is 47.8 Å². The number of benzene rings is 1. The number of halogens is 3. The van der Waals surface area contributed by atoms with E-state index in [1.807, 2.05) is 36.4 Å². The van der Waals surface area contributed by atoms with Crippen molar-refractivity contribution in [3.8, 4) is 11.1 Å². The molecule has 0 amide bonds. The molecule has 0 saturated carbocycles. The third-order valence-electron chi connectivity index (χ3n) is 2.30. The molecule has 0 bridgehead atoms. The summed E-state index contributed by atoms with van der Waals surface area (Å²) < 4.78 is 2.22. The second-order valence-electron chi connectivity index (χ2n) is 3.44. The summed E-state index contributed by atoms with van der Waals surface area (Å²) in [6, 6.07) is 13.2. The fourth-order valence-corrected chi connectivity index (χ4v) is 2.90. The molecule has 1 nitrogen and oxygen atoms in total. The monoisotopic (exact) mass is 416 g/mol. The average Bonchev–Trinajstić information content (AvgIpc) is 2.43. The van der Waals surface area contributed by atoms with Crippen molar-refractivity contribution in [1.82, 2.24) is 0 Å². The lowest BCUT2D eigenvalue weighted by Gasteiger charge is -1.97. The average molecular weight is 419 g/mol. The summed E-state index contributed by atoms with van der Waals surface area (Å²) >= 11 is 10.1. The van der Waals surface area contributed by atoms with Crippen LogP contribution < -0.4 is 5.43 Å². The fourth-order valence-electron chi connectivity index (χ4n) is 1.47. The van der Waals surface area contributed by atoms with Crippen LogP contribution in [-0.2, 0) is 0 Å². The molecule has 86 valence electrons. The Morgan fingerprint density at radius 3 is 2.00 bits per heavy atom. The number of hydrogen-bond donors (Lipinski definition) is 0. The third-order valence-corrected chi connectivity index (χ3v) is 4.73. The van der Waals surface area contributed by atoms with Crippen molar-refractivity contribution in [3.63, 3.8) is 0 Å². The van der Waals surface area contributed by atoms with Crippen molar-refractivity contribution in [1.29, 1.82) is 0 Å². The van der Waals surface area contributed by atoms with E-state index in [4.69, 9.17) is 0 Å². The summed E-state index contributed by atoms with van der Waals surface area (Å²) in [6.45, 7) is 0. The maximum atomic E-state index is 12.2. The smallest absolute Gasteiger partial charge is 0.200 e. The van der Waals surface area contributed by atoms with Gasteiger partial charge >= 0.3 is 0 Å². The van der Waals surface area contributed by atoms with E-state index < -0.39 is 0 Å². The highest BCUT2D eigenvalue weighted by Gasteiger charge is 2.07. The predicted molar refractivity (Wildman–Crippen MR) is 81.2 cm³/mol. The molecular weight excluding hydrogens is 412 g/mol. The second kappa shape index (κ2) is 5.46. The molecule has 0 radical (unpaired) electrons. The second-order valence-corrected chi connectivity index (χ2v) is 6.00. The molecule has 0 aliphatic heterocycles. The molecule has 0 atom stereocenters. The lowest BCUT2D eigenvalue weighted by atomic mass is 10.1. The summed E-state index contributed by atoms with van der Waals surface area (Å²) in [7, 11) is 0. The first-order chi connectivity index (χ1) is 8.09. The van der Waals surface area contributed by atoms with Gasteiger partial charge in [-0.05, 0) is 65.5 Å². The molecule has 0 aromatic heterocycles. The van der Waals surface area contributed by atoms with Gasteiger partial charge in [0.15, 0.2) is 0 Å². The summed E-state index contributed by atoms with van der Waals surface area (Å²) in [5, 5.41) is 0. The van der Waals surface area contributed by atoms with Crippen LogP contribution in [0, 0.1) is 0 Å². The van der Waals surface area contributed by atoms with E-state index in [2.05, 4.69) is 47.8 Å². The Balaban J connectivity index is 2.81. The van der Waals surface area contributed by atoms with Gasteiger partial charge in [-0.15, -0.1) is 0 Å². The van der Waals surface area contributed by atoms with E-state index in [0.717, 1.165) is 14.5 Å². The van der Waals surface area contributed by atoms with Gasteiger partial charge in [0.2, 0.25) is 5.43 Å². The van der Waals surface area contributed by atoms with Crippen molar-refractivity contribution in [3.05, 3.63) is 66.1 Å². The van der Waals surface area contributed by atoms with E-state index in [-0.39, 0.29) is 5.43 Å². The Morgan fingerprint density at radius 1 is 0.765 bits per heavy atom. The molecule has 0 N–H and O–H groups in total. The molecular formula is C13H7Br3O. The Morgan fingerprint density at radius 2 is 1.35 bits per heavy atom. The van der Waals surface area contributed by atoms with E-state index in [0.29, 0.717) is 10.0 Å². The molecule has 2 aromatic rings. The standard InChI is InChI=1S/C13H7Br3O/c14-10-6-9(8-4-2-1-3-5-8)13(17)12(16)7-11(10)15/h1-7H. The molecule has 0 aliphatic rings. The lowest BCUT2D eigenvalue weighted by molar-refractivity contribution is 1.56. The highest BCUT2D eigenvalue weighted by Crippen LogP contribution is 2.27. The minimum absolute atomic E-state index is 0.0254. The van der Waals surface area contributed by atoms with Crippen LogP contribution in [0.25, 0.3) is 11.1 Å². The largest absolute Gasteiger partial charge is 0.288 e. The molecule has 2 aromatic carbocycles. The molecule has 0 fully saturated rings. The fraction of sp³-hybridized carbons (Fsp3) is 0. The topological polar surface area (TPSA) is 17.1 Å². The maximum absolute atomic E-state index is 12.2. The van der Waals surface area contributed by atoms with Gasteiger partial charge in [-0.25, -0.2) is 0 Å². The molecule has 2 rings (SSSR count). The Kier molecular flexibility index (Phi) is 4.17. The van der Waals surface area contributed by atoms with Crippen LogP contribution in [0.4, 0.5) is 0 Å². The van der Waals surface area contributed by atoms with Gasteiger partial charge in [-0.2, -0.15) is 0 Å². The zero-order valence-corrected chi connectivity index (χ0v) is 13.3. The van der Waals surface area contributed by atoms with E-state index in [1.165, 1.54) is 0 Å². The first-order valence-corrected chi connectivity index (χ1v) is 7.22.